The van der Waals surface area contributed by atoms with Gasteiger partial charge in [0.2, 0.25) is 0 Å². The maximum absolute atomic E-state index is 11.8. The van der Waals surface area contributed by atoms with E-state index >= 15 is 0 Å². The minimum absolute atomic E-state index is 0.0503. The topological polar surface area (TPSA) is 60.7 Å². The molecule has 4 rings (SSSR count). The van der Waals surface area contributed by atoms with Crippen LogP contribution in [0.1, 0.15) is 113 Å². The van der Waals surface area contributed by atoms with Crippen molar-refractivity contribution in [1.82, 2.24) is 0 Å². The standard InChI is InChI=1S/C30H52O3/c1-19(2)10-9-14-30(8,33)20-11-16-29(7)25(20)21(31)18-23-27(5)15-13-24(32)26(3,4)22(27)12-17-28(23,29)6/h10,20-25,31-33H,9,11-18H2,1-8H3/t20?,21-,22+,23-,24+,25+,27+,28-,29-,30-/m1/s1. The smallest absolute Gasteiger partial charge is 0.0654 e. The van der Waals surface area contributed by atoms with Crippen molar-refractivity contribution in [3.8, 4) is 0 Å². The van der Waals surface area contributed by atoms with Crippen LogP contribution in [-0.2, 0) is 0 Å². The molecule has 0 saturated heterocycles. The molecule has 0 amide bonds. The average Bonchev–Trinajstić information content (AvgIpc) is 3.08. The molecular weight excluding hydrogens is 408 g/mol. The molecule has 190 valence electrons. The molecular formula is C30H52O3. The van der Waals surface area contributed by atoms with Gasteiger partial charge < -0.3 is 15.3 Å². The molecule has 0 radical (unpaired) electrons. The van der Waals surface area contributed by atoms with Crippen LogP contribution in [-0.4, -0.2) is 33.1 Å². The van der Waals surface area contributed by atoms with Crippen LogP contribution >= 0.6 is 0 Å². The third kappa shape index (κ3) is 3.61. The van der Waals surface area contributed by atoms with Crippen molar-refractivity contribution in [3.63, 3.8) is 0 Å². The fourth-order valence-corrected chi connectivity index (χ4v) is 10.3. The van der Waals surface area contributed by atoms with E-state index in [-0.39, 0.29) is 45.7 Å². The molecule has 0 aromatic heterocycles. The highest BCUT2D eigenvalue weighted by molar-refractivity contribution is 5.20. The molecule has 0 aliphatic heterocycles. The lowest BCUT2D eigenvalue weighted by atomic mass is 9.35. The summed E-state index contributed by atoms with van der Waals surface area (Å²) in [6, 6.07) is 0. The van der Waals surface area contributed by atoms with Crippen molar-refractivity contribution in [1.29, 1.82) is 0 Å². The van der Waals surface area contributed by atoms with Crippen LogP contribution in [0.15, 0.2) is 11.6 Å². The van der Waals surface area contributed by atoms with Gasteiger partial charge in [-0.25, -0.2) is 0 Å². The summed E-state index contributed by atoms with van der Waals surface area (Å²) in [6.45, 7) is 18.3. The molecule has 0 heterocycles. The molecule has 4 aliphatic rings. The van der Waals surface area contributed by atoms with Crippen LogP contribution in [0.2, 0.25) is 0 Å². The summed E-state index contributed by atoms with van der Waals surface area (Å²) in [5.41, 5.74) is 0.885. The molecule has 0 aromatic carbocycles. The number of aliphatic hydroxyl groups excluding tert-OH is 2. The summed E-state index contributed by atoms with van der Waals surface area (Å²) >= 11 is 0. The van der Waals surface area contributed by atoms with E-state index in [0.29, 0.717) is 11.8 Å². The molecule has 10 atom stereocenters. The van der Waals surface area contributed by atoms with Crippen LogP contribution in [0.4, 0.5) is 0 Å². The summed E-state index contributed by atoms with van der Waals surface area (Å²) in [7, 11) is 0. The summed E-state index contributed by atoms with van der Waals surface area (Å²) in [5.74, 6) is 1.31. The first-order chi connectivity index (χ1) is 15.1. The van der Waals surface area contributed by atoms with Gasteiger partial charge in [0.05, 0.1) is 17.8 Å². The molecule has 4 aliphatic carbocycles. The van der Waals surface area contributed by atoms with Gasteiger partial charge in [-0.15, -0.1) is 0 Å². The van der Waals surface area contributed by atoms with Crippen molar-refractivity contribution in [2.45, 2.75) is 131 Å². The second-order valence-corrected chi connectivity index (χ2v) is 14.5. The number of fused-ring (bicyclic) bond motifs is 5. The molecule has 3 nitrogen and oxygen atoms in total. The maximum atomic E-state index is 11.8. The van der Waals surface area contributed by atoms with E-state index in [0.717, 1.165) is 44.9 Å². The highest BCUT2D eigenvalue weighted by Crippen LogP contribution is 2.75. The Morgan fingerprint density at radius 1 is 0.909 bits per heavy atom. The van der Waals surface area contributed by atoms with Gasteiger partial charge in [-0.3, -0.25) is 0 Å². The Labute approximate surface area is 203 Å². The summed E-state index contributed by atoms with van der Waals surface area (Å²) in [6.07, 6.45) is 10.6. The zero-order valence-electron chi connectivity index (χ0n) is 22.7. The Kier molecular flexibility index (Phi) is 6.28. The SMILES string of the molecule is CC(C)=CCC[C@@](C)(O)C1CC[C@]2(C)[C@@H]1[C@H](O)C[C@@H]1[C@@]3(C)CC[C@H](O)C(C)(C)[C@@H]3CC[C@]12C. The van der Waals surface area contributed by atoms with Crippen molar-refractivity contribution in [2.24, 2.45) is 45.3 Å². The Balaban J connectivity index is 1.66. The molecule has 0 spiro atoms. The maximum Gasteiger partial charge on any atom is 0.0654 e. The number of allylic oxidation sites excluding steroid dienone is 2. The fraction of sp³-hybridized carbons (Fsp3) is 0.933. The van der Waals surface area contributed by atoms with Crippen molar-refractivity contribution in [2.75, 3.05) is 0 Å². The third-order valence-electron chi connectivity index (χ3n) is 12.4. The Bertz CT molecular complexity index is 779. The van der Waals surface area contributed by atoms with Crippen molar-refractivity contribution in [3.05, 3.63) is 11.6 Å². The van der Waals surface area contributed by atoms with Gasteiger partial charge >= 0.3 is 0 Å². The zero-order chi connectivity index (χ0) is 24.6. The lowest BCUT2D eigenvalue weighted by Crippen LogP contribution is -2.66. The van der Waals surface area contributed by atoms with Crippen LogP contribution in [0, 0.1) is 45.3 Å². The highest BCUT2D eigenvalue weighted by atomic mass is 16.3. The van der Waals surface area contributed by atoms with Crippen molar-refractivity contribution < 1.29 is 15.3 Å². The van der Waals surface area contributed by atoms with Gasteiger partial charge in [0.1, 0.15) is 0 Å². The predicted octanol–water partition coefficient (Wildman–Crippen LogP) is 6.50. The van der Waals surface area contributed by atoms with Crippen LogP contribution in [0.3, 0.4) is 0 Å². The van der Waals surface area contributed by atoms with Gasteiger partial charge in [-0.1, -0.05) is 46.3 Å². The van der Waals surface area contributed by atoms with Gasteiger partial charge in [0.25, 0.3) is 0 Å². The Morgan fingerprint density at radius 2 is 1.55 bits per heavy atom. The minimum atomic E-state index is -0.739. The zero-order valence-corrected chi connectivity index (χ0v) is 22.7. The van der Waals surface area contributed by atoms with Crippen LogP contribution < -0.4 is 0 Å². The largest absolute Gasteiger partial charge is 0.393 e. The molecule has 0 bridgehead atoms. The molecule has 4 fully saturated rings. The van der Waals surface area contributed by atoms with Gasteiger partial charge in [0, 0.05) is 0 Å². The normalized spacial score (nSPS) is 50.5. The molecule has 0 aromatic rings. The van der Waals surface area contributed by atoms with E-state index in [1.807, 2.05) is 6.92 Å². The van der Waals surface area contributed by atoms with Crippen LogP contribution in [0.5, 0.6) is 0 Å². The van der Waals surface area contributed by atoms with E-state index in [1.165, 1.54) is 18.4 Å². The van der Waals surface area contributed by atoms with E-state index in [4.69, 9.17) is 0 Å². The molecule has 3 heteroatoms. The predicted molar refractivity (Wildman–Crippen MR) is 136 cm³/mol. The summed E-state index contributed by atoms with van der Waals surface area (Å²) < 4.78 is 0. The first kappa shape index (κ1) is 25.7. The number of rotatable bonds is 4. The number of hydrogen-bond acceptors (Lipinski definition) is 3. The first-order valence-corrected chi connectivity index (χ1v) is 13.8. The van der Waals surface area contributed by atoms with Gasteiger partial charge in [-0.05, 0) is 124 Å². The minimum Gasteiger partial charge on any atom is -0.393 e. The second-order valence-electron chi connectivity index (χ2n) is 14.5. The van der Waals surface area contributed by atoms with E-state index in [1.54, 1.807) is 0 Å². The third-order valence-corrected chi connectivity index (χ3v) is 12.4. The second kappa shape index (κ2) is 8.07. The van der Waals surface area contributed by atoms with Gasteiger partial charge in [-0.2, -0.15) is 0 Å². The quantitative estimate of drug-likeness (QED) is 0.420. The van der Waals surface area contributed by atoms with E-state index in [2.05, 4.69) is 54.5 Å². The van der Waals surface area contributed by atoms with Crippen LogP contribution in [0.25, 0.3) is 0 Å². The monoisotopic (exact) mass is 460 g/mol. The average molecular weight is 461 g/mol. The molecule has 1 unspecified atom stereocenters. The molecule has 4 saturated carbocycles. The number of hydrogen-bond donors (Lipinski definition) is 3. The lowest BCUT2D eigenvalue weighted by molar-refractivity contribution is -0.246. The Morgan fingerprint density at radius 3 is 2.18 bits per heavy atom. The lowest BCUT2D eigenvalue weighted by Gasteiger charge is -2.70. The van der Waals surface area contributed by atoms with E-state index < -0.39 is 5.60 Å². The Hall–Kier alpha value is -0.380. The van der Waals surface area contributed by atoms with Crippen molar-refractivity contribution >= 4 is 0 Å². The fourth-order valence-electron chi connectivity index (χ4n) is 10.3. The van der Waals surface area contributed by atoms with Gasteiger partial charge in [0.15, 0.2) is 0 Å². The first-order valence-electron chi connectivity index (χ1n) is 13.8. The summed E-state index contributed by atoms with van der Waals surface area (Å²) in [4.78, 5) is 0. The molecule has 33 heavy (non-hydrogen) atoms. The molecule has 3 N–H and O–H groups in total. The number of aliphatic hydroxyl groups is 3. The van der Waals surface area contributed by atoms with E-state index in [9.17, 15) is 15.3 Å². The summed E-state index contributed by atoms with van der Waals surface area (Å²) in [5, 5.41) is 34.3. The highest BCUT2D eigenvalue weighted by Gasteiger charge is 2.71.